The zero-order chi connectivity index (χ0) is 10.9. The van der Waals surface area contributed by atoms with E-state index < -0.39 is 0 Å². The molecule has 0 radical (unpaired) electrons. The maximum Gasteiger partial charge on any atom is 0.144 e. The number of nitrogens with zero attached hydrogens (tertiary/aromatic N) is 1. The number of anilines is 1. The van der Waals surface area contributed by atoms with Gasteiger partial charge in [-0.1, -0.05) is 11.6 Å². The minimum atomic E-state index is 0.648. The Morgan fingerprint density at radius 2 is 2.27 bits per heavy atom. The van der Waals surface area contributed by atoms with Gasteiger partial charge < -0.3 is 15.4 Å². The molecule has 15 heavy (non-hydrogen) atoms. The second kappa shape index (κ2) is 7.45. The SMILES string of the molecule is COCCNCCNc1ncccc1Cl. The molecule has 0 aliphatic heterocycles. The number of nitrogens with one attached hydrogen (secondary N) is 2. The molecule has 0 saturated heterocycles. The lowest BCUT2D eigenvalue weighted by Crippen LogP contribution is -2.25. The fourth-order valence-corrected chi connectivity index (χ4v) is 1.27. The van der Waals surface area contributed by atoms with Crippen molar-refractivity contribution < 1.29 is 4.74 Å². The summed E-state index contributed by atoms with van der Waals surface area (Å²) in [5.41, 5.74) is 0. The van der Waals surface area contributed by atoms with Crippen LogP contribution in [0.25, 0.3) is 0 Å². The standard InChI is InChI=1S/C10H16ClN3O/c1-15-8-7-12-5-6-14-10-9(11)3-2-4-13-10/h2-4,12H,5-8H2,1H3,(H,13,14). The second-order valence-electron chi connectivity index (χ2n) is 3.00. The molecule has 0 fully saturated rings. The van der Waals surface area contributed by atoms with Gasteiger partial charge in [-0.2, -0.15) is 0 Å². The molecule has 0 spiro atoms. The Hall–Kier alpha value is -0.840. The van der Waals surface area contributed by atoms with Gasteiger partial charge in [-0.05, 0) is 12.1 Å². The highest BCUT2D eigenvalue weighted by atomic mass is 35.5. The summed E-state index contributed by atoms with van der Waals surface area (Å²) in [5.74, 6) is 0.729. The summed E-state index contributed by atoms with van der Waals surface area (Å²) in [6.45, 7) is 3.23. The number of hydrogen-bond donors (Lipinski definition) is 2. The molecule has 0 aromatic carbocycles. The van der Waals surface area contributed by atoms with Crippen LogP contribution in [0.3, 0.4) is 0 Å². The molecule has 0 aliphatic carbocycles. The topological polar surface area (TPSA) is 46.2 Å². The number of pyridine rings is 1. The Kier molecular flexibility index (Phi) is 6.08. The van der Waals surface area contributed by atoms with Crippen molar-refractivity contribution in [1.29, 1.82) is 0 Å². The molecule has 0 unspecified atom stereocenters. The zero-order valence-electron chi connectivity index (χ0n) is 8.79. The van der Waals surface area contributed by atoms with Crippen molar-refractivity contribution in [1.82, 2.24) is 10.3 Å². The maximum absolute atomic E-state index is 5.92. The Bertz CT molecular complexity index is 283. The van der Waals surface area contributed by atoms with Gasteiger partial charge in [0.05, 0.1) is 11.6 Å². The summed E-state index contributed by atoms with van der Waals surface area (Å²) in [4.78, 5) is 4.12. The average molecular weight is 230 g/mol. The molecule has 0 atom stereocenters. The van der Waals surface area contributed by atoms with Gasteiger partial charge >= 0.3 is 0 Å². The molecule has 1 aromatic heterocycles. The van der Waals surface area contributed by atoms with Gasteiger partial charge in [-0.15, -0.1) is 0 Å². The molecule has 1 aromatic rings. The Morgan fingerprint density at radius 3 is 3.00 bits per heavy atom. The first kappa shape index (κ1) is 12.2. The summed E-state index contributed by atoms with van der Waals surface area (Å²) in [7, 11) is 1.69. The highest BCUT2D eigenvalue weighted by Gasteiger charge is 1.97. The van der Waals surface area contributed by atoms with Gasteiger partial charge in [0.15, 0.2) is 0 Å². The van der Waals surface area contributed by atoms with Crippen LogP contribution in [0.15, 0.2) is 18.3 Å². The van der Waals surface area contributed by atoms with Crippen LogP contribution in [0.2, 0.25) is 5.02 Å². The number of aromatic nitrogens is 1. The molecular formula is C10H16ClN3O. The monoisotopic (exact) mass is 229 g/mol. The Balaban J connectivity index is 2.12. The quantitative estimate of drug-likeness (QED) is 0.694. The number of rotatable bonds is 7. The van der Waals surface area contributed by atoms with E-state index in [0.717, 1.165) is 32.1 Å². The van der Waals surface area contributed by atoms with Crippen molar-refractivity contribution in [3.63, 3.8) is 0 Å². The van der Waals surface area contributed by atoms with Gasteiger partial charge in [0, 0.05) is 32.9 Å². The molecule has 0 bridgehead atoms. The van der Waals surface area contributed by atoms with Crippen molar-refractivity contribution in [3.8, 4) is 0 Å². The molecule has 2 N–H and O–H groups in total. The minimum Gasteiger partial charge on any atom is -0.383 e. The van der Waals surface area contributed by atoms with E-state index in [-0.39, 0.29) is 0 Å². The van der Waals surface area contributed by atoms with E-state index in [0.29, 0.717) is 5.02 Å². The number of hydrogen-bond acceptors (Lipinski definition) is 4. The van der Waals surface area contributed by atoms with E-state index in [1.807, 2.05) is 12.1 Å². The van der Waals surface area contributed by atoms with Gasteiger partial charge in [0.1, 0.15) is 5.82 Å². The van der Waals surface area contributed by atoms with Crippen LogP contribution < -0.4 is 10.6 Å². The summed E-state index contributed by atoms with van der Waals surface area (Å²) >= 11 is 5.92. The summed E-state index contributed by atoms with van der Waals surface area (Å²) < 4.78 is 4.91. The van der Waals surface area contributed by atoms with Crippen LogP contribution in [-0.2, 0) is 4.74 Å². The molecule has 0 amide bonds. The molecule has 84 valence electrons. The third-order valence-electron chi connectivity index (χ3n) is 1.84. The largest absolute Gasteiger partial charge is 0.383 e. The van der Waals surface area contributed by atoms with E-state index in [4.69, 9.17) is 16.3 Å². The lowest BCUT2D eigenvalue weighted by atomic mass is 10.4. The van der Waals surface area contributed by atoms with Crippen LogP contribution >= 0.6 is 11.6 Å². The molecule has 4 nitrogen and oxygen atoms in total. The summed E-state index contributed by atoms with van der Waals surface area (Å²) in [5, 5.41) is 7.01. The Morgan fingerprint density at radius 1 is 1.40 bits per heavy atom. The minimum absolute atomic E-state index is 0.648. The molecule has 0 aliphatic rings. The van der Waals surface area contributed by atoms with E-state index in [9.17, 15) is 0 Å². The molecule has 1 rings (SSSR count). The Labute approximate surface area is 95.0 Å². The predicted octanol–water partition coefficient (Wildman–Crippen LogP) is 1.38. The lowest BCUT2D eigenvalue weighted by Gasteiger charge is -2.07. The fraction of sp³-hybridized carbons (Fsp3) is 0.500. The maximum atomic E-state index is 5.92. The zero-order valence-corrected chi connectivity index (χ0v) is 9.55. The molecule has 5 heteroatoms. The van der Waals surface area contributed by atoms with Crippen LogP contribution in [-0.4, -0.2) is 38.3 Å². The summed E-state index contributed by atoms with van der Waals surface area (Å²) in [6, 6.07) is 3.62. The summed E-state index contributed by atoms with van der Waals surface area (Å²) in [6.07, 6.45) is 1.71. The van der Waals surface area contributed by atoms with Crippen LogP contribution in [0.1, 0.15) is 0 Å². The van der Waals surface area contributed by atoms with E-state index in [1.165, 1.54) is 0 Å². The van der Waals surface area contributed by atoms with Crippen molar-refractivity contribution in [3.05, 3.63) is 23.4 Å². The van der Waals surface area contributed by atoms with Gasteiger partial charge in [-0.25, -0.2) is 4.98 Å². The number of halogens is 1. The van der Waals surface area contributed by atoms with Gasteiger partial charge in [0.25, 0.3) is 0 Å². The molecule has 0 saturated carbocycles. The van der Waals surface area contributed by atoms with Crippen LogP contribution in [0, 0.1) is 0 Å². The van der Waals surface area contributed by atoms with Crippen molar-refractivity contribution >= 4 is 17.4 Å². The third-order valence-corrected chi connectivity index (χ3v) is 2.14. The molecular weight excluding hydrogens is 214 g/mol. The van der Waals surface area contributed by atoms with E-state index in [1.54, 1.807) is 13.3 Å². The average Bonchev–Trinajstić information content (AvgIpc) is 2.25. The first-order chi connectivity index (χ1) is 7.34. The van der Waals surface area contributed by atoms with E-state index in [2.05, 4.69) is 15.6 Å². The number of methoxy groups -OCH3 is 1. The van der Waals surface area contributed by atoms with Crippen molar-refractivity contribution in [2.24, 2.45) is 0 Å². The number of ether oxygens (including phenoxy) is 1. The van der Waals surface area contributed by atoms with Crippen LogP contribution in [0.5, 0.6) is 0 Å². The lowest BCUT2D eigenvalue weighted by molar-refractivity contribution is 0.200. The van der Waals surface area contributed by atoms with Crippen molar-refractivity contribution in [2.45, 2.75) is 0 Å². The fourth-order valence-electron chi connectivity index (χ4n) is 1.08. The normalized spacial score (nSPS) is 10.3. The second-order valence-corrected chi connectivity index (χ2v) is 3.41. The highest BCUT2D eigenvalue weighted by Crippen LogP contribution is 2.16. The first-order valence-electron chi connectivity index (χ1n) is 4.88. The van der Waals surface area contributed by atoms with E-state index >= 15 is 0 Å². The van der Waals surface area contributed by atoms with Crippen LogP contribution in [0.4, 0.5) is 5.82 Å². The van der Waals surface area contributed by atoms with Gasteiger partial charge in [0.2, 0.25) is 0 Å². The third kappa shape index (κ3) is 4.97. The predicted molar refractivity (Wildman–Crippen MR) is 62.5 cm³/mol. The molecule has 1 heterocycles. The van der Waals surface area contributed by atoms with Crippen molar-refractivity contribution in [2.75, 3.05) is 38.7 Å². The first-order valence-corrected chi connectivity index (χ1v) is 5.26. The smallest absolute Gasteiger partial charge is 0.144 e. The highest BCUT2D eigenvalue weighted by molar-refractivity contribution is 6.32. The van der Waals surface area contributed by atoms with Gasteiger partial charge in [-0.3, -0.25) is 0 Å².